The summed E-state index contributed by atoms with van der Waals surface area (Å²) in [5, 5.41) is 7.56. The van der Waals surface area contributed by atoms with Crippen molar-refractivity contribution in [3.05, 3.63) is 78.1 Å². The Kier molecular flexibility index (Phi) is 15.2. The normalized spacial score (nSPS) is 20.1. The van der Waals surface area contributed by atoms with E-state index in [2.05, 4.69) is 85.7 Å². The highest BCUT2D eigenvalue weighted by Gasteiger charge is 2.26. The first-order valence-corrected chi connectivity index (χ1v) is 22.2. The number of fused-ring (bicyclic) bond motifs is 1. The Balaban J connectivity index is 0.847. The predicted molar refractivity (Wildman–Crippen MR) is 229 cm³/mol. The van der Waals surface area contributed by atoms with E-state index in [1.54, 1.807) is 0 Å². The van der Waals surface area contributed by atoms with E-state index in [4.69, 9.17) is 20.7 Å². The molecular weight excluding hydrogens is 679 g/mol. The molecule has 0 radical (unpaired) electrons. The lowest BCUT2D eigenvalue weighted by atomic mass is 9.92. The van der Waals surface area contributed by atoms with Gasteiger partial charge in [-0.15, -0.1) is 0 Å². The molecule has 4 aromatic rings. The Morgan fingerprint density at radius 1 is 0.636 bits per heavy atom. The average molecular weight is 748 g/mol. The van der Waals surface area contributed by atoms with Crippen molar-refractivity contribution in [3.8, 4) is 0 Å². The molecular formula is C46H69N9. The van der Waals surface area contributed by atoms with Crippen LogP contribution in [0.2, 0.25) is 0 Å². The lowest BCUT2D eigenvalue weighted by molar-refractivity contribution is 0.210. The number of anilines is 2. The molecule has 4 N–H and O–H groups in total. The Bertz CT molecular complexity index is 1610. The van der Waals surface area contributed by atoms with Gasteiger partial charge in [0.05, 0.1) is 6.33 Å². The largest absolute Gasteiger partial charge is 0.365 e. The third kappa shape index (κ3) is 12.2. The van der Waals surface area contributed by atoms with Crippen molar-refractivity contribution in [2.24, 2.45) is 5.73 Å². The topological polar surface area (TPSA) is 100 Å². The standard InChI is InChI=1S/C46H69N9/c47-39-24-26-40(27-25-39)50-46-51-44(43-45(52-46)55(36-48-43)42-22-8-9-23-42)49-41-28-34-54(35-29-41)31-13-3-12-30-53(32-14-10-20-37-16-4-1-5-17-37)33-15-11-21-38-18-6-2-7-19-38/h1-2,4-7,16-19,36,39-42H,3,8-15,20-35,47H2,(H2,49,50,51,52). The van der Waals surface area contributed by atoms with Crippen LogP contribution in [0.5, 0.6) is 0 Å². The van der Waals surface area contributed by atoms with Crippen LogP contribution < -0.4 is 16.4 Å². The van der Waals surface area contributed by atoms with E-state index in [1.165, 1.54) is 121 Å². The quantitative estimate of drug-likeness (QED) is 0.0727. The van der Waals surface area contributed by atoms with Crippen LogP contribution in [0.25, 0.3) is 11.2 Å². The van der Waals surface area contributed by atoms with E-state index >= 15 is 0 Å². The van der Waals surface area contributed by atoms with Crippen molar-refractivity contribution < 1.29 is 0 Å². The summed E-state index contributed by atoms with van der Waals surface area (Å²) in [4.78, 5) is 20.5. The minimum absolute atomic E-state index is 0.328. The van der Waals surface area contributed by atoms with Gasteiger partial charge in [-0.2, -0.15) is 9.97 Å². The zero-order valence-electron chi connectivity index (χ0n) is 33.6. The van der Waals surface area contributed by atoms with Crippen molar-refractivity contribution in [2.75, 3.05) is 49.9 Å². The van der Waals surface area contributed by atoms with Crippen LogP contribution in [0.1, 0.15) is 126 Å². The summed E-state index contributed by atoms with van der Waals surface area (Å²) in [5.74, 6) is 1.64. The summed E-state index contributed by atoms with van der Waals surface area (Å²) >= 11 is 0. The van der Waals surface area contributed by atoms with Gasteiger partial charge in [0, 0.05) is 37.3 Å². The molecule has 2 aliphatic carbocycles. The van der Waals surface area contributed by atoms with Crippen LogP contribution in [0.15, 0.2) is 67.0 Å². The fourth-order valence-corrected chi connectivity index (χ4v) is 9.27. The van der Waals surface area contributed by atoms with Gasteiger partial charge in [-0.1, -0.05) is 79.9 Å². The summed E-state index contributed by atoms with van der Waals surface area (Å²) in [6.45, 7) is 7.19. The molecule has 9 nitrogen and oxygen atoms in total. The van der Waals surface area contributed by atoms with Crippen LogP contribution in [0.3, 0.4) is 0 Å². The molecule has 0 unspecified atom stereocenters. The molecule has 0 bridgehead atoms. The van der Waals surface area contributed by atoms with E-state index in [9.17, 15) is 0 Å². The van der Waals surface area contributed by atoms with Crippen LogP contribution in [-0.4, -0.2) is 86.7 Å². The molecule has 298 valence electrons. The van der Waals surface area contributed by atoms with E-state index in [0.717, 1.165) is 74.5 Å². The van der Waals surface area contributed by atoms with Crippen molar-refractivity contribution in [1.82, 2.24) is 29.3 Å². The Hall–Kier alpha value is -3.53. The molecule has 1 aliphatic heterocycles. The molecule has 3 aliphatic rings. The second kappa shape index (κ2) is 21.1. The van der Waals surface area contributed by atoms with Gasteiger partial charge in [0.1, 0.15) is 0 Å². The van der Waals surface area contributed by atoms with Crippen LogP contribution in [-0.2, 0) is 12.8 Å². The average Bonchev–Trinajstić information content (AvgIpc) is 3.91. The number of hydrogen-bond donors (Lipinski definition) is 3. The number of aryl methyl sites for hydroxylation is 2. The lowest BCUT2D eigenvalue weighted by Gasteiger charge is -2.33. The van der Waals surface area contributed by atoms with Gasteiger partial charge >= 0.3 is 0 Å². The highest BCUT2D eigenvalue weighted by molar-refractivity contribution is 5.84. The predicted octanol–water partition coefficient (Wildman–Crippen LogP) is 9.02. The molecule has 3 fully saturated rings. The van der Waals surface area contributed by atoms with Crippen LogP contribution in [0, 0.1) is 0 Å². The van der Waals surface area contributed by atoms with E-state index in [-0.39, 0.29) is 0 Å². The minimum Gasteiger partial charge on any atom is -0.365 e. The maximum absolute atomic E-state index is 6.21. The number of rotatable bonds is 21. The van der Waals surface area contributed by atoms with Crippen molar-refractivity contribution in [3.63, 3.8) is 0 Å². The molecule has 9 heteroatoms. The van der Waals surface area contributed by atoms with E-state index in [0.29, 0.717) is 24.2 Å². The molecule has 2 aromatic heterocycles. The number of nitrogens with two attached hydrogens (primary N) is 1. The zero-order valence-corrected chi connectivity index (χ0v) is 33.6. The number of nitrogens with zero attached hydrogens (tertiary/aromatic N) is 6. The summed E-state index contributed by atoms with van der Waals surface area (Å²) in [7, 11) is 0. The summed E-state index contributed by atoms with van der Waals surface area (Å²) in [6.07, 6.45) is 25.0. The lowest BCUT2D eigenvalue weighted by Crippen LogP contribution is -2.39. The highest BCUT2D eigenvalue weighted by atomic mass is 15.2. The van der Waals surface area contributed by atoms with Gasteiger partial charge in [-0.05, 0) is 140 Å². The molecule has 55 heavy (non-hydrogen) atoms. The first kappa shape index (κ1) is 39.7. The fraction of sp³-hybridized carbons (Fsp3) is 0.630. The van der Waals surface area contributed by atoms with Crippen molar-refractivity contribution in [2.45, 2.75) is 146 Å². The number of benzene rings is 2. The van der Waals surface area contributed by atoms with Gasteiger partial charge in [-0.25, -0.2) is 4.98 Å². The molecule has 3 heterocycles. The first-order chi connectivity index (χ1) is 27.2. The number of unbranched alkanes of at least 4 members (excludes halogenated alkanes) is 4. The minimum atomic E-state index is 0.328. The number of hydrogen-bond acceptors (Lipinski definition) is 8. The van der Waals surface area contributed by atoms with Crippen molar-refractivity contribution in [1.29, 1.82) is 0 Å². The zero-order chi connectivity index (χ0) is 37.5. The van der Waals surface area contributed by atoms with E-state index < -0.39 is 0 Å². The number of aromatic nitrogens is 4. The third-order valence-electron chi connectivity index (χ3n) is 12.7. The maximum Gasteiger partial charge on any atom is 0.227 e. The second-order valence-corrected chi connectivity index (χ2v) is 17.0. The van der Waals surface area contributed by atoms with Crippen molar-refractivity contribution >= 4 is 22.9 Å². The summed E-state index contributed by atoms with van der Waals surface area (Å²) < 4.78 is 2.33. The van der Waals surface area contributed by atoms with Gasteiger partial charge in [0.25, 0.3) is 0 Å². The van der Waals surface area contributed by atoms with Crippen LogP contribution in [0.4, 0.5) is 11.8 Å². The SMILES string of the molecule is NC1CCC(Nc2nc(NC3CCN(CCCCCN(CCCCc4ccccc4)CCCCc4ccccc4)CC3)c3ncn(C4CCCC4)c3n2)CC1. The van der Waals surface area contributed by atoms with Gasteiger partial charge in [0.15, 0.2) is 17.0 Å². The maximum atomic E-state index is 6.21. The number of imidazole rings is 1. The molecule has 0 spiro atoms. The fourth-order valence-electron chi connectivity index (χ4n) is 9.27. The Morgan fingerprint density at radius 2 is 1.24 bits per heavy atom. The summed E-state index contributed by atoms with van der Waals surface area (Å²) in [6, 6.07) is 23.6. The van der Waals surface area contributed by atoms with Crippen LogP contribution >= 0.6 is 0 Å². The number of nitrogens with one attached hydrogen (secondary N) is 2. The molecule has 7 rings (SSSR count). The molecule has 2 aromatic carbocycles. The van der Waals surface area contributed by atoms with Gasteiger partial charge in [-0.3, -0.25) is 0 Å². The molecule has 2 saturated carbocycles. The molecule has 0 atom stereocenters. The third-order valence-corrected chi connectivity index (χ3v) is 12.7. The Labute approximate surface area is 331 Å². The second-order valence-electron chi connectivity index (χ2n) is 17.0. The summed E-state index contributed by atoms with van der Waals surface area (Å²) in [5.41, 5.74) is 11.1. The molecule has 1 saturated heterocycles. The van der Waals surface area contributed by atoms with Gasteiger partial charge in [0.2, 0.25) is 5.95 Å². The monoisotopic (exact) mass is 748 g/mol. The number of likely N-dealkylation sites (tertiary alicyclic amines) is 1. The number of piperidine rings is 1. The first-order valence-electron chi connectivity index (χ1n) is 22.2. The smallest absolute Gasteiger partial charge is 0.227 e. The Morgan fingerprint density at radius 3 is 1.87 bits per heavy atom. The van der Waals surface area contributed by atoms with E-state index in [1.807, 2.05) is 6.33 Å². The molecule has 0 amide bonds. The van der Waals surface area contributed by atoms with Gasteiger partial charge < -0.3 is 30.7 Å². The highest BCUT2D eigenvalue weighted by Crippen LogP contribution is 2.34.